The number of benzene rings is 1. The highest BCUT2D eigenvalue weighted by molar-refractivity contribution is 6.45. The van der Waals surface area contributed by atoms with Crippen LogP contribution < -0.4 is 0 Å². The smallest absolute Gasteiger partial charge is 0.382 e. The quantitative estimate of drug-likeness (QED) is 0.563. The first-order valence-corrected chi connectivity index (χ1v) is 6.80. The van der Waals surface area contributed by atoms with Crippen molar-refractivity contribution in [2.45, 2.75) is 13.2 Å². The number of rotatable bonds is 5. The van der Waals surface area contributed by atoms with Gasteiger partial charge in [0, 0.05) is 6.08 Å². The van der Waals surface area contributed by atoms with Gasteiger partial charge in [0.25, 0.3) is 0 Å². The molecule has 1 aromatic rings. The second-order valence-electron chi connectivity index (χ2n) is 3.01. The lowest BCUT2D eigenvalue weighted by Crippen LogP contribution is -2.21. The molecule has 0 heterocycles. The monoisotopic (exact) mass is 222 g/mol. The predicted molar refractivity (Wildman–Crippen MR) is 60.5 cm³/mol. The lowest BCUT2D eigenvalue weighted by Gasteiger charge is -2.11. The molecule has 1 aromatic carbocycles. The molecule has 0 N–H and O–H groups in total. The van der Waals surface area contributed by atoms with Crippen LogP contribution in [0.1, 0.15) is 5.56 Å². The molecule has 0 fully saturated rings. The molecule has 3 nitrogen and oxygen atoms in total. The van der Waals surface area contributed by atoms with Gasteiger partial charge in [-0.3, -0.25) is 0 Å². The summed E-state index contributed by atoms with van der Waals surface area (Å²) < 4.78 is 10.4. The molecule has 1 unspecified atom stereocenters. The molecule has 0 aromatic heterocycles. The molecular weight excluding hydrogens is 208 g/mol. The Labute approximate surface area is 91.2 Å². The van der Waals surface area contributed by atoms with Crippen LogP contribution in [-0.4, -0.2) is 15.3 Å². The van der Waals surface area contributed by atoms with Gasteiger partial charge >= 0.3 is 15.3 Å². The van der Waals surface area contributed by atoms with Gasteiger partial charge in [-0.2, -0.15) is 0 Å². The maximum atomic E-state index is 10.8. The fourth-order valence-electron chi connectivity index (χ4n) is 1.03. The van der Waals surface area contributed by atoms with Gasteiger partial charge in [-0.1, -0.05) is 36.9 Å². The minimum atomic E-state index is -1.87. The van der Waals surface area contributed by atoms with Crippen molar-refractivity contribution in [3.8, 4) is 0 Å². The van der Waals surface area contributed by atoms with Crippen LogP contribution in [0.15, 0.2) is 43.0 Å². The minimum absolute atomic E-state index is 0.415. The van der Waals surface area contributed by atoms with E-state index < -0.39 is 15.3 Å². The predicted octanol–water partition coefficient (Wildman–Crippen LogP) is 1.78. The van der Waals surface area contributed by atoms with Crippen LogP contribution in [0.3, 0.4) is 0 Å². The zero-order valence-electron chi connectivity index (χ0n) is 8.68. The number of carbonyl (C=O) groups excluding carboxylic acids is 1. The van der Waals surface area contributed by atoms with E-state index in [-0.39, 0.29) is 0 Å². The van der Waals surface area contributed by atoms with Crippen molar-refractivity contribution in [2.75, 3.05) is 0 Å². The van der Waals surface area contributed by atoms with Crippen molar-refractivity contribution in [1.82, 2.24) is 0 Å². The van der Waals surface area contributed by atoms with Crippen molar-refractivity contribution < 1.29 is 13.6 Å². The van der Waals surface area contributed by atoms with Crippen LogP contribution in [0, 0.1) is 0 Å². The fraction of sp³-hybridized carbons (Fsp3) is 0.182. The lowest BCUT2D eigenvalue weighted by atomic mass is 10.2. The van der Waals surface area contributed by atoms with E-state index in [1.807, 2.05) is 36.9 Å². The van der Waals surface area contributed by atoms with Gasteiger partial charge in [0.2, 0.25) is 0 Å². The van der Waals surface area contributed by atoms with E-state index >= 15 is 0 Å². The Morgan fingerprint density at radius 1 is 1.47 bits per heavy atom. The second-order valence-corrected chi connectivity index (χ2v) is 4.71. The fourth-order valence-corrected chi connectivity index (χ4v) is 1.95. The first kappa shape index (κ1) is 11.7. The summed E-state index contributed by atoms with van der Waals surface area (Å²) in [6, 6.07) is 9.77. The topological polar surface area (TPSA) is 35.5 Å². The van der Waals surface area contributed by atoms with E-state index in [1.54, 1.807) is 0 Å². The molecule has 0 saturated heterocycles. The maximum Gasteiger partial charge on any atom is 0.382 e. The number of hydrogen-bond donors (Lipinski definition) is 0. The Morgan fingerprint density at radius 2 is 2.13 bits per heavy atom. The van der Waals surface area contributed by atoms with Crippen LogP contribution >= 0.6 is 0 Å². The average Bonchev–Trinajstić information content (AvgIpc) is 2.27. The van der Waals surface area contributed by atoms with E-state index in [9.17, 15) is 4.79 Å². The van der Waals surface area contributed by atoms with Crippen LogP contribution in [0.4, 0.5) is 0 Å². The number of hydrogen-bond acceptors (Lipinski definition) is 3. The molecule has 0 spiro atoms. The summed E-state index contributed by atoms with van der Waals surface area (Å²) in [6.07, 6.45) is 1.15. The lowest BCUT2D eigenvalue weighted by molar-refractivity contribution is -0.130. The first-order valence-electron chi connectivity index (χ1n) is 4.71. The summed E-state index contributed by atoms with van der Waals surface area (Å²) in [5.41, 5.74) is 1.08. The highest BCUT2D eigenvalue weighted by Gasteiger charge is 2.09. The maximum absolute atomic E-state index is 10.8. The van der Waals surface area contributed by atoms with Gasteiger partial charge in [-0.15, -0.1) is 0 Å². The average molecular weight is 222 g/mol. The third-order valence-electron chi connectivity index (χ3n) is 1.78. The first-order chi connectivity index (χ1) is 7.22. The highest BCUT2D eigenvalue weighted by Crippen LogP contribution is 2.02. The Hall–Kier alpha value is -1.39. The molecule has 1 rings (SSSR count). The van der Waals surface area contributed by atoms with Crippen LogP contribution in [0.5, 0.6) is 0 Å². The molecule has 0 bridgehead atoms. The zero-order chi connectivity index (χ0) is 11.1. The minimum Gasteiger partial charge on any atom is -0.494 e. The van der Waals surface area contributed by atoms with E-state index in [4.69, 9.17) is 8.85 Å². The Balaban J connectivity index is 2.31. The standard InChI is InChI=1S/C11H14O3Si/c1-3-11(12)14-15(2)13-9-10-7-5-4-6-8-10/h3-8,15H,1,9H2,2H3. The molecule has 80 valence electrons. The molecule has 0 saturated carbocycles. The molecule has 0 amide bonds. The Morgan fingerprint density at radius 3 is 2.73 bits per heavy atom. The van der Waals surface area contributed by atoms with Crippen molar-refractivity contribution >= 4 is 15.3 Å². The molecule has 0 aliphatic carbocycles. The van der Waals surface area contributed by atoms with Crippen molar-refractivity contribution in [2.24, 2.45) is 0 Å². The van der Waals surface area contributed by atoms with Gasteiger partial charge < -0.3 is 8.85 Å². The summed E-state index contributed by atoms with van der Waals surface area (Å²) in [5.74, 6) is -0.415. The molecular formula is C11H14O3Si. The van der Waals surface area contributed by atoms with Crippen molar-refractivity contribution in [1.29, 1.82) is 0 Å². The molecule has 15 heavy (non-hydrogen) atoms. The Kier molecular flexibility index (Phi) is 4.80. The largest absolute Gasteiger partial charge is 0.494 e. The van der Waals surface area contributed by atoms with E-state index in [0.717, 1.165) is 11.6 Å². The summed E-state index contributed by atoms with van der Waals surface area (Å²) in [7, 11) is -1.87. The van der Waals surface area contributed by atoms with E-state index in [1.165, 1.54) is 0 Å². The molecule has 1 atom stereocenters. The van der Waals surface area contributed by atoms with Gasteiger partial charge in [0.1, 0.15) is 0 Å². The molecule has 0 aliphatic heterocycles. The summed E-state index contributed by atoms with van der Waals surface area (Å²) in [4.78, 5) is 10.8. The zero-order valence-corrected chi connectivity index (χ0v) is 9.84. The van der Waals surface area contributed by atoms with Crippen molar-refractivity contribution in [3.63, 3.8) is 0 Å². The SMILES string of the molecule is C=CC(=O)O[SiH](C)OCc1ccccc1. The van der Waals surface area contributed by atoms with Gasteiger partial charge in [-0.25, -0.2) is 4.79 Å². The molecule has 4 heteroatoms. The van der Waals surface area contributed by atoms with E-state index in [2.05, 4.69) is 6.58 Å². The normalized spacial score (nSPS) is 11.8. The van der Waals surface area contributed by atoms with Crippen LogP contribution in [0.25, 0.3) is 0 Å². The van der Waals surface area contributed by atoms with Crippen molar-refractivity contribution in [3.05, 3.63) is 48.6 Å². The summed E-state index contributed by atoms with van der Waals surface area (Å²) in [5, 5.41) is 0. The van der Waals surface area contributed by atoms with Crippen LogP contribution in [-0.2, 0) is 20.3 Å². The van der Waals surface area contributed by atoms with Gasteiger partial charge in [-0.05, 0) is 12.1 Å². The second kappa shape index (κ2) is 6.16. The van der Waals surface area contributed by atoms with Gasteiger partial charge in [0.15, 0.2) is 0 Å². The molecule has 0 radical (unpaired) electrons. The highest BCUT2D eigenvalue weighted by atomic mass is 28.3. The third kappa shape index (κ3) is 4.58. The number of carbonyl (C=O) groups is 1. The van der Waals surface area contributed by atoms with Crippen LogP contribution in [0.2, 0.25) is 6.55 Å². The van der Waals surface area contributed by atoms with Gasteiger partial charge in [0.05, 0.1) is 6.61 Å². The molecule has 0 aliphatic rings. The summed E-state index contributed by atoms with van der Waals surface area (Å²) in [6.45, 7) is 5.62. The third-order valence-corrected chi connectivity index (χ3v) is 2.98. The Bertz CT molecular complexity index is 324. The summed E-state index contributed by atoms with van der Waals surface area (Å²) >= 11 is 0. The van der Waals surface area contributed by atoms with E-state index in [0.29, 0.717) is 6.61 Å².